The first-order chi connectivity index (χ1) is 13.2. The number of benzene rings is 2. The molecule has 1 amide bonds. The maximum Gasteiger partial charge on any atom is 0.246 e. The first kappa shape index (κ1) is 19.5. The molecule has 2 aromatic carbocycles. The van der Waals surface area contributed by atoms with Gasteiger partial charge in [-0.2, -0.15) is 0 Å². The highest BCUT2D eigenvalue weighted by molar-refractivity contribution is 7.18. The van der Waals surface area contributed by atoms with E-state index in [9.17, 15) is 4.79 Å². The van der Waals surface area contributed by atoms with Crippen LogP contribution in [0.5, 0.6) is 0 Å². The number of amides is 1. The topological polar surface area (TPSA) is 60.5 Å². The first-order valence-electron chi connectivity index (χ1n) is 9.08. The predicted molar refractivity (Wildman–Crippen MR) is 108 cm³/mol. The summed E-state index contributed by atoms with van der Waals surface area (Å²) in [6, 6.07) is 18.1. The van der Waals surface area contributed by atoms with Crippen LogP contribution in [-0.4, -0.2) is 30.6 Å². The molecule has 0 aliphatic rings. The van der Waals surface area contributed by atoms with Crippen LogP contribution in [0, 0.1) is 0 Å². The van der Waals surface area contributed by atoms with E-state index >= 15 is 0 Å². The number of carbonyl (C=O) groups is 1. The van der Waals surface area contributed by atoms with Crippen molar-refractivity contribution in [2.24, 2.45) is 0 Å². The summed E-state index contributed by atoms with van der Waals surface area (Å²) < 4.78 is 12.4. The summed E-state index contributed by atoms with van der Waals surface area (Å²) in [4.78, 5) is 16.3. The zero-order valence-electron chi connectivity index (χ0n) is 15.4. The third-order valence-corrected chi connectivity index (χ3v) is 5.09. The summed E-state index contributed by atoms with van der Waals surface area (Å²) in [5, 5.41) is 3.73. The molecule has 3 rings (SSSR count). The molecule has 27 heavy (non-hydrogen) atoms. The summed E-state index contributed by atoms with van der Waals surface area (Å²) in [5.41, 5.74) is 2.13. The van der Waals surface area contributed by atoms with Crippen molar-refractivity contribution in [3.8, 4) is 0 Å². The van der Waals surface area contributed by atoms with E-state index in [1.807, 2.05) is 49.4 Å². The molecule has 0 bridgehead atoms. The SMILES string of the molecule is CC(OCCCNC(=O)COCc1nc2ccccc2s1)c1ccccc1. The van der Waals surface area contributed by atoms with Gasteiger partial charge in [-0.3, -0.25) is 4.79 Å². The highest BCUT2D eigenvalue weighted by Gasteiger charge is 2.07. The molecule has 1 N–H and O–H groups in total. The lowest BCUT2D eigenvalue weighted by Crippen LogP contribution is -2.29. The summed E-state index contributed by atoms with van der Waals surface area (Å²) in [7, 11) is 0. The average molecular weight is 385 g/mol. The van der Waals surface area contributed by atoms with Crippen LogP contribution in [0.15, 0.2) is 54.6 Å². The van der Waals surface area contributed by atoms with E-state index in [-0.39, 0.29) is 18.6 Å². The molecule has 142 valence electrons. The van der Waals surface area contributed by atoms with Gasteiger partial charge in [-0.15, -0.1) is 11.3 Å². The predicted octanol–water partition coefficient (Wildman–Crippen LogP) is 4.10. The molecular formula is C21H24N2O3S. The minimum atomic E-state index is -0.118. The Morgan fingerprint density at radius 3 is 2.74 bits per heavy atom. The third-order valence-electron chi connectivity index (χ3n) is 4.08. The number of ether oxygens (including phenoxy) is 2. The van der Waals surface area contributed by atoms with Crippen LogP contribution < -0.4 is 5.32 Å². The third kappa shape index (κ3) is 6.13. The van der Waals surface area contributed by atoms with Gasteiger partial charge in [0.05, 0.1) is 22.9 Å². The molecule has 0 saturated carbocycles. The van der Waals surface area contributed by atoms with E-state index in [1.54, 1.807) is 11.3 Å². The molecule has 1 aromatic heterocycles. The molecule has 0 aliphatic carbocycles. The van der Waals surface area contributed by atoms with Crippen LogP contribution in [0.2, 0.25) is 0 Å². The van der Waals surface area contributed by atoms with Gasteiger partial charge < -0.3 is 14.8 Å². The smallest absolute Gasteiger partial charge is 0.246 e. The van der Waals surface area contributed by atoms with Gasteiger partial charge in [-0.25, -0.2) is 4.98 Å². The van der Waals surface area contributed by atoms with Crippen molar-refractivity contribution in [2.75, 3.05) is 19.8 Å². The van der Waals surface area contributed by atoms with E-state index in [0.29, 0.717) is 19.8 Å². The van der Waals surface area contributed by atoms with Gasteiger partial charge in [0.1, 0.15) is 11.6 Å². The maximum atomic E-state index is 11.8. The number of hydrogen-bond acceptors (Lipinski definition) is 5. The lowest BCUT2D eigenvalue weighted by atomic mass is 10.1. The number of nitrogens with zero attached hydrogens (tertiary/aromatic N) is 1. The van der Waals surface area contributed by atoms with Crippen LogP contribution in [0.25, 0.3) is 10.2 Å². The number of nitrogens with one attached hydrogen (secondary N) is 1. The Hall–Kier alpha value is -2.28. The Bertz CT molecular complexity index is 818. The van der Waals surface area contributed by atoms with Crippen LogP contribution in [0.3, 0.4) is 0 Å². The van der Waals surface area contributed by atoms with Crippen LogP contribution in [0.4, 0.5) is 0 Å². The van der Waals surface area contributed by atoms with Crippen molar-refractivity contribution in [2.45, 2.75) is 26.1 Å². The maximum absolute atomic E-state index is 11.8. The Morgan fingerprint density at radius 1 is 1.15 bits per heavy atom. The molecule has 0 saturated heterocycles. The fourth-order valence-corrected chi connectivity index (χ4v) is 3.55. The lowest BCUT2D eigenvalue weighted by molar-refractivity contribution is -0.126. The van der Waals surface area contributed by atoms with Gasteiger partial charge in [-0.1, -0.05) is 42.5 Å². The van der Waals surface area contributed by atoms with Gasteiger partial charge in [0.25, 0.3) is 0 Å². The van der Waals surface area contributed by atoms with Gasteiger partial charge >= 0.3 is 0 Å². The summed E-state index contributed by atoms with van der Waals surface area (Å²) in [5.74, 6) is -0.118. The van der Waals surface area contributed by atoms with Gasteiger partial charge in [0, 0.05) is 13.2 Å². The van der Waals surface area contributed by atoms with Gasteiger partial charge in [0.2, 0.25) is 5.91 Å². The second-order valence-electron chi connectivity index (χ2n) is 6.20. The zero-order chi connectivity index (χ0) is 18.9. The van der Waals surface area contributed by atoms with Crippen molar-refractivity contribution in [3.63, 3.8) is 0 Å². The van der Waals surface area contributed by atoms with Crippen LogP contribution in [0.1, 0.15) is 30.0 Å². The van der Waals surface area contributed by atoms with E-state index in [0.717, 1.165) is 27.2 Å². The minimum Gasteiger partial charge on any atom is -0.374 e. The fraction of sp³-hybridized carbons (Fsp3) is 0.333. The molecule has 0 radical (unpaired) electrons. The number of hydrogen-bond donors (Lipinski definition) is 1. The van der Waals surface area contributed by atoms with Crippen molar-refractivity contribution >= 4 is 27.5 Å². The number of fused-ring (bicyclic) bond motifs is 1. The average Bonchev–Trinajstić information content (AvgIpc) is 3.11. The molecule has 6 heteroatoms. The van der Waals surface area contributed by atoms with Crippen molar-refractivity contribution in [1.82, 2.24) is 10.3 Å². The van der Waals surface area contributed by atoms with Crippen molar-refractivity contribution in [3.05, 3.63) is 65.2 Å². The highest BCUT2D eigenvalue weighted by Crippen LogP contribution is 2.21. The van der Waals surface area contributed by atoms with Crippen molar-refractivity contribution < 1.29 is 14.3 Å². The largest absolute Gasteiger partial charge is 0.374 e. The standard InChI is InChI=1S/C21H24N2O3S/c1-16(17-8-3-2-4-9-17)26-13-7-12-22-20(24)14-25-15-21-23-18-10-5-6-11-19(18)27-21/h2-6,8-11,16H,7,12-15H2,1H3,(H,22,24). The number of carbonyl (C=O) groups excluding carboxylic acids is 1. The molecular weight excluding hydrogens is 360 g/mol. The molecule has 1 heterocycles. The minimum absolute atomic E-state index is 0.0389. The number of aromatic nitrogens is 1. The van der Waals surface area contributed by atoms with E-state index in [4.69, 9.17) is 9.47 Å². The second-order valence-corrected chi connectivity index (χ2v) is 7.31. The quantitative estimate of drug-likeness (QED) is 0.535. The second kappa shape index (κ2) is 10.2. The van der Waals surface area contributed by atoms with Gasteiger partial charge in [0.15, 0.2) is 0 Å². The zero-order valence-corrected chi connectivity index (χ0v) is 16.2. The molecule has 3 aromatic rings. The summed E-state index contributed by atoms with van der Waals surface area (Å²) in [6.45, 7) is 3.60. The monoisotopic (exact) mass is 384 g/mol. The Morgan fingerprint density at radius 2 is 1.93 bits per heavy atom. The molecule has 0 spiro atoms. The van der Waals surface area contributed by atoms with E-state index < -0.39 is 0 Å². The normalized spacial score (nSPS) is 12.2. The molecule has 5 nitrogen and oxygen atoms in total. The fourth-order valence-electron chi connectivity index (χ4n) is 2.64. The van der Waals surface area contributed by atoms with E-state index in [1.165, 1.54) is 0 Å². The first-order valence-corrected chi connectivity index (χ1v) is 9.89. The van der Waals surface area contributed by atoms with E-state index in [2.05, 4.69) is 22.4 Å². The van der Waals surface area contributed by atoms with Crippen LogP contribution in [-0.2, 0) is 20.9 Å². The molecule has 0 aliphatic heterocycles. The highest BCUT2D eigenvalue weighted by atomic mass is 32.1. The van der Waals surface area contributed by atoms with Gasteiger partial charge in [-0.05, 0) is 31.0 Å². The summed E-state index contributed by atoms with van der Waals surface area (Å²) >= 11 is 1.59. The number of rotatable bonds is 10. The molecule has 1 unspecified atom stereocenters. The van der Waals surface area contributed by atoms with Crippen LogP contribution >= 0.6 is 11.3 Å². The molecule has 0 fully saturated rings. The van der Waals surface area contributed by atoms with Crippen molar-refractivity contribution in [1.29, 1.82) is 0 Å². The molecule has 1 atom stereocenters. The summed E-state index contributed by atoms with van der Waals surface area (Å²) in [6.07, 6.45) is 0.819. The number of thiazole rings is 1. The lowest BCUT2D eigenvalue weighted by Gasteiger charge is -2.13. The Balaban J connectivity index is 1.26. The number of para-hydroxylation sites is 1. The Labute approximate surface area is 163 Å². The Kier molecular flexibility index (Phi) is 7.33.